The van der Waals surface area contributed by atoms with Gasteiger partial charge in [-0.25, -0.2) is 0 Å². The van der Waals surface area contributed by atoms with E-state index in [1.807, 2.05) is 0 Å². The number of hydrogen-bond donors (Lipinski definition) is 2. The van der Waals surface area contributed by atoms with E-state index in [-0.39, 0.29) is 6.61 Å². The smallest absolute Gasteiger partial charge is 0.0446 e. The summed E-state index contributed by atoms with van der Waals surface area (Å²) in [4.78, 5) is 5.07. The van der Waals surface area contributed by atoms with Gasteiger partial charge in [0.15, 0.2) is 0 Å². The lowest BCUT2D eigenvalue weighted by Crippen LogP contribution is -2.52. The minimum absolute atomic E-state index is 0.285. The van der Waals surface area contributed by atoms with Crippen molar-refractivity contribution in [2.24, 2.45) is 0 Å². The Kier molecular flexibility index (Phi) is 7.82. The van der Waals surface area contributed by atoms with E-state index in [0.29, 0.717) is 12.1 Å². The molecular formula is C14H31N3O. The number of nitrogens with one attached hydrogen (secondary N) is 1. The van der Waals surface area contributed by atoms with Crippen molar-refractivity contribution < 1.29 is 5.11 Å². The summed E-state index contributed by atoms with van der Waals surface area (Å²) in [5.41, 5.74) is 0. The molecule has 4 nitrogen and oxygen atoms in total. The third-order valence-corrected chi connectivity index (χ3v) is 3.78. The SMILES string of the molecule is CCCNC(CCO)CN1CCN(C(C)C)CC1. The predicted molar refractivity (Wildman–Crippen MR) is 76.9 cm³/mol. The summed E-state index contributed by atoms with van der Waals surface area (Å²) >= 11 is 0. The Balaban J connectivity index is 2.27. The Morgan fingerprint density at radius 1 is 1.17 bits per heavy atom. The maximum Gasteiger partial charge on any atom is 0.0446 e. The van der Waals surface area contributed by atoms with E-state index in [0.717, 1.165) is 39.0 Å². The molecule has 1 heterocycles. The molecule has 1 saturated heterocycles. The van der Waals surface area contributed by atoms with Crippen molar-refractivity contribution in [2.75, 3.05) is 45.9 Å². The summed E-state index contributed by atoms with van der Waals surface area (Å²) in [6, 6.07) is 1.11. The van der Waals surface area contributed by atoms with E-state index < -0.39 is 0 Å². The first kappa shape index (κ1) is 15.9. The van der Waals surface area contributed by atoms with Gasteiger partial charge in [-0.1, -0.05) is 6.92 Å². The minimum atomic E-state index is 0.285. The summed E-state index contributed by atoms with van der Waals surface area (Å²) in [5.74, 6) is 0. The molecule has 0 saturated carbocycles. The fourth-order valence-corrected chi connectivity index (χ4v) is 2.54. The van der Waals surface area contributed by atoms with Crippen LogP contribution >= 0.6 is 0 Å². The summed E-state index contributed by atoms with van der Waals surface area (Å²) in [5, 5.41) is 12.6. The highest BCUT2D eigenvalue weighted by atomic mass is 16.3. The summed E-state index contributed by atoms with van der Waals surface area (Å²) < 4.78 is 0. The highest BCUT2D eigenvalue weighted by Gasteiger charge is 2.20. The second-order valence-electron chi connectivity index (χ2n) is 5.59. The van der Waals surface area contributed by atoms with Crippen LogP contribution in [0.25, 0.3) is 0 Å². The van der Waals surface area contributed by atoms with Crippen LogP contribution in [0.1, 0.15) is 33.6 Å². The van der Waals surface area contributed by atoms with Crippen LogP contribution in [0.2, 0.25) is 0 Å². The van der Waals surface area contributed by atoms with Gasteiger partial charge in [-0.2, -0.15) is 0 Å². The lowest BCUT2D eigenvalue weighted by molar-refractivity contribution is 0.0977. The van der Waals surface area contributed by atoms with E-state index in [2.05, 4.69) is 35.9 Å². The molecule has 1 aliphatic rings. The molecule has 0 bridgehead atoms. The normalized spacial score (nSPS) is 20.5. The van der Waals surface area contributed by atoms with Gasteiger partial charge in [-0.05, 0) is 33.2 Å². The Morgan fingerprint density at radius 2 is 1.83 bits per heavy atom. The molecule has 0 aromatic carbocycles. The van der Waals surface area contributed by atoms with Crippen LogP contribution in [0.5, 0.6) is 0 Å². The largest absolute Gasteiger partial charge is 0.396 e. The van der Waals surface area contributed by atoms with Crippen LogP contribution in [0.4, 0.5) is 0 Å². The molecule has 108 valence electrons. The summed E-state index contributed by atoms with van der Waals surface area (Å²) in [6.07, 6.45) is 2.02. The molecule has 0 amide bonds. The van der Waals surface area contributed by atoms with Crippen LogP contribution in [0.3, 0.4) is 0 Å². The molecule has 4 heteroatoms. The average molecular weight is 257 g/mol. The number of hydrogen-bond acceptors (Lipinski definition) is 4. The molecule has 18 heavy (non-hydrogen) atoms. The predicted octanol–water partition coefficient (Wildman–Crippen LogP) is 0.763. The second kappa shape index (κ2) is 8.86. The standard InChI is InChI=1S/C14H31N3O/c1-4-6-15-14(5-11-18)12-16-7-9-17(10-8-16)13(2)3/h13-15,18H,4-12H2,1-3H3. The highest BCUT2D eigenvalue weighted by Crippen LogP contribution is 2.07. The van der Waals surface area contributed by atoms with Crippen molar-refractivity contribution in [3.8, 4) is 0 Å². The molecule has 1 rings (SSSR count). The molecule has 0 spiro atoms. The number of aliphatic hydroxyl groups is 1. The minimum Gasteiger partial charge on any atom is -0.396 e. The first-order valence-electron chi connectivity index (χ1n) is 7.48. The maximum atomic E-state index is 9.11. The number of nitrogens with zero attached hydrogens (tertiary/aromatic N) is 2. The van der Waals surface area contributed by atoms with Gasteiger partial charge in [0.25, 0.3) is 0 Å². The zero-order valence-electron chi connectivity index (χ0n) is 12.4. The van der Waals surface area contributed by atoms with E-state index in [4.69, 9.17) is 5.11 Å². The topological polar surface area (TPSA) is 38.7 Å². The number of aliphatic hydroxyl groups excluding tert-OH is 1. The van der Waals surface area contributed by atoms with Crippen molar-refractivity contribution in [3.63, 3.8) is 0 Å². The van der Waals surface area contributed by atoms with Gasteiger partial charge in [-0.3, -0.25) is 9.80 Å². The third-order valence-electron chi connectivity index (χ3n) is 3.78. The molecule has 2 N–H and O–H groups in total. The van der Waals surface area contributed by atoms with Crippen LogP contribution < -0.4 is 5.32 Å². The number of piperazine rings is 1. The van der Waals surface area contributed by atoms with Crippen molar-refractivity contribution in [3.05, 3.63) is 0 Å². The van der Waals surface area contributed by atoms with Crippen LogP contribution in [0, 0.1) is 0 Å². The Labute approximate surface area is 112 Å². The van der Waals surface area contributed by atoms with E-state index >= 15 is 0 Å². The molecule has 0 radical (unpaired) electrons. The molecule has 0 aromatic rings. The first-order valence-corrected chi connectivity index (χ1v) is 7.48. The van der Waals surface area contributed by atoms with E-state index in [1.165, 1.54) is 13.1 Å². The fourth-order valence-electron chi connectivity index (χ4n) is 2.54. The maximum absolute atomic E-state index is 9.11. The van der Waals surface area contributed by atoms with Gasteiger partial charge in [0.2, 0.25) is 0 Å². The average Bonchev–Trinajstić information content (AvgIpc) is 2.37. The molecule has 1 atom stereocenters. The molecular weight excluding hydrogens is 226 g/mol. The monoisotopic (exact) mass is 257 g/mol. The van der Waals surface area contributed by atoms with Gasteiger partial charge in [0, 0.05) is 51.4 Å². The van der Waals surface area contributed by atoms with Crippen molar-refractivity contribution >= 4 is 0 Å². The molecule has 1 unspecified atom stereocenters. The van der Waals surface area contributed by atoms with Gasteiger partial charge in [0.05, 0.1) is 0 Å². The van der Waals surface area contributed by atoms with Crippen LogP contribution in [0.15, 0.2) is 0 Å². The number of rotatable bonds is 8. The Morgan fingerprint density at radius 3 is 2.33 bits per heavy atom. The lowest BCUT2D eigenvalue weighted by atomic mass is 10.1. The van der Waals surface area contributed by atoms with Gasteiger partial charge < -0.3 is 10.4 Å². The third kappa shape index (κ3) is 5.65. The van der Waals surface area contributed by atoms with Crippen molar-refractivity contribution in [2.45, 2.75) is 45.7 Å². The zero-order chi connectivity index (χ0) is 13.4. The zero-order valence-corrected chi connectivity index (χ0v) is 12.4. The first-order chi connectivity index (χ1) is 8.67. The van der Waals surface area contributed by atoms with E-state index in [9.17, 15) is 0 Å². The van der Waals surface area contributed by atoms with Crippen molar-refractivity contribution in [1.29, 1.82) is 0 Å². The van der Waals surface area contributed by atoms with Gasteiger partial charge in [-0.15, -0.1) is 0 Å². The van der Waals surface area contributed by atoms with Crippen LogP contribution in [-0.2, 0) is 0 Å². The second-order valence-corrected chi connectivity index (χ2v) is 5.59. The molecule has 0 aromatic heterocycles. The Hall–Kier alpha value is -0.160. The van der Waals surface area contributed by atoms with Crippen molar-refractivity contribution in [1.82, 2.24) is 15.1 Å². The van der Waals surface area contributed by atoms with Gasteiger partial charge in [0.1, 0.15) is 0 Å². The summed E-state index contributed by atoms with van der Waals surface area (Å²) in [7, 11) is 0. The highest BCUT2D eigenvalue weighted by molar-refractivity contribution is 4.78. The Bertz CT molecular complexity index is 203. The fraction of sp³-hybridized carbons (Fsp3) is 1.00. The van der Waals surface area contributed by atoms with Crippen LogP contribution in [-0.4, -0.2) is 72.9 Å². The quantitative estimate of drug-likeness (QED) is 0.673. The van der Waals surface area contributed by atoms with Gasteiger partial charge >= 0.3 is 0 Å². The summed E-state index contributed by atoms with van der Waals surface area (Å²) in [6.45, 7) is 13.8. The molecule has 0 aliphatic carbocycles. The van der Waals surface area contributed by atoms with E-state index in [1.54, 1.807) is 0 Å². The lowest BCUT2D eigenvalue weighted by Gasteiger charge is -2.38. The molecule has 1 aliphatic heterocycles. The molecule has 1 fully saturated rings.